The Hall–Kier alpha value is -1.20. The van der Waals surface area contributed by atoms with Gasteiger partial charge in [-0.2, -0.15) is 0 Å². The zero-order valence-corrected chi connectivity index (χ0v) is 9.48. The number of hydrogen-bond donors (Lipinski definition) is 1. The number of rotatable bonds is 4. The Kier molecular flexibility index (Phi) is 4.45. The van der Waals surface area contributed by atoms with Crippen LogP contribution in [0.3, 0.4) is 0 Å². The van der Waals surface area contributed by atoms with Crippen LogP contribution >= 0.6 is 15.9 Å². The lowest BCUT2D eigenvalue weighted by molar-refractivity contribution is -0.385. The summed E-state index contributed by atoms with van der Waals surface area (Å²) in [6.45, 7) is -0.129. The predicted molar refractivity (Wildman–Crippen MR) is 61.8 cm³/mol. The topological polar surface area (TPSA) is 63.4 Å². The molecular weight excluding hydrogens is 262 g/mol. The number of halogens is 1. The summed E-state index contributed by atoms with van der Waals surface area (Å²) in [5.74, 6) is 0. The van der Waals surface area contributed by atoms with Crippen LogP contribution in [0.4, 0.5) is 5.69 Å². The number of nitrogens with zero attached hydrogens (tertiary/aromatic N) is 1. The van der Waals surface area contributed by atoms with Crippen molar-refractivity contribution in [1.29, 1.82) is 0 Å². The second-order valence-electron chi connectivity index (χ2n) is 2.83. The molecule has 0 unspecified atom stereocenters. The molecule has 0 saturated heterocycles. The van der Waals surface area contributed by atoms with Crippen molar-refractivity contribution in [2.75, 3.05) is 6.61 Å². The molecule has 0 fully saturated rings. The molecule has 0 amide bonds. The fraction of sp³-hybridized carbons (Fsp3) is 0.200. The first-order chi connectivity index (χ1) is 7.20. The minimum Gasteiger partial charge on any atom is -0.392 e. The highest BCUT2D eigenvalue weighted by Crippen LogP contribution is 2.26. The van der Waals surface area contributed by atoms with E-state index in [-0.39, 0.29) is 12.3 Å². The van der Waals surface area contributed by atoms with Crippen molar-refractivity contribution < 1.29 is 10.0 Å². The molecule has 1 aromatic carbocycles. The van der Waals surface area contributed by atoms with E-state index < -0.39 is 4.92 Å². The molecule has 1 aromatic rings. The van der Waals surface area contributed by atoms with Crippen molar-refractivity contribution in [3.63, 3.8) is 0 Å². The number of nitro groups is 1. The third-order valence-corrected chi connectivity index (χ3v) is 2.48. The molecular formula is C10H10BrNO3. The third-order valence-electron chi connectivity index (χ3n) is 1.88. The molecule has 0 saturated carbocycles. The number of hydrogen-bond acceptors (Lipinski definition) is 3. The van der Waals surface area contributed by atoms with Crippen LogP contribution in [0.25, 0.3) is 6.08 Å². The van der Waals surface area contributed by atoms with Crippen LogP contribution in [0.1, 0.15) is 11.1 Å². The zero-order chi connectivity index (χ0) is 11.3. The summed E-state index contributed by atoms with van der Waals surface area (Å²) in [5.41, 5.74) is 1.21. The summed E-state index contributed by atoms with van der Waals surface area (Å²) < 4.78 is 0. The Labute approximate surface area is 95.5 Å². The molecule has 0 aliphatic carbocycles. The van der Waals surface area contributed by atoms with Gasteiger partial charge in [0, 0.05) is 10.9 Å². The van der Waals surface area contributed by atoms with Crippen LogP contribution in [0.2, 0.25) is 0 Å². The lowest BCUT2D eigenvalue weighted by Crippen LogP contribution is -1.96. The highest BCUT2D eigenvalue weighted by molar-refractivity contribution is 9.08. The number of nitro benzene ring substituents is 1. The summed E-state index contributed by atoms with van der Waals surface area (Å²) >= 11 is 3.20. The highest BCUT2D eigenvalue weighted by atomic mass is 79.9. The molecule has 1 N–H and O–H groups in total. The van der Waals surface area contributed by atoms with Crippen LogP contribution < -0.4 is 0 Å². The molecule has 0 bridgehead atoms. The van der Waals surface area contributed by atoms with Crippen LogP contribution in [0.5, 0.6) is 0 Å². The second-order valence-corrected chi connectivity index (χ2v) is 3.39. The lowest BCUT2D eigenvalue weighted by atomic mass is 10.1. The molecule has 0 spiro atoms. The van der Waals surface area contributed by atoms with E-state index in [2.05, 4.69) is 15.9 Å². The molecule has 0 radical (unpaired) electrons. The second kappa shape index (κ2) is 5.63. The fourth-order valence-corrected chi connectivity index (χ4v) is 1.71. The maximum Gasteiger partial charge on any atom is 0.280 e. The van der Waals surface area contributed by atoms with Crippen molar-refractivity contribution in [1.82, 2.24) is 0 Å². The van der Waals surface area contributed by atoms with Gasteiger partial charge in [-0.3, -0.25) is 10.1 Å². The van der Waals surface area contributed by atoms with Gasteiger partial charge in [0.25, 0.3) is 5.69 Å². The van der Waals surface area contributed by atoms with Crippen molar-refractivity contribution in [2.45, 2.75) is 5.33 Å². The molecule has 80 valence electrons. The van der Waals surface area contributed by atoms with Gasteiger partial charge in [-0.05, 0) is 12.1 Å². The maximum atomic E-state index is 10.9. The van der Waals surface area contributed by atoms with Crippen LogP contribution in [-0.2, 0) is 5.33 Å². The SMILES string of the molecule is O=[N+]([O-])c1c(C=CCO)cccc1CBr. The average molecular weight is 272 g/mol. The molecule has 1 rings (SSSR count). The number of alkyl halides is 1. The largest absolute Gasteiger partial charge is 0.392 e. The van der Waals surface area contributed by atoms with Crippen LogP contribution in [0.15, 0.2) is 24.3 Å². The molecule has 0 aliphatic rings. The monoisotopic (exact) mass is 271 g/mol. The number of aliphatic hydroxyl groups excluding tert-OH is 1. The summed E-state index contributed by atoms with van der Waals surface area (Å²) in [4.78, 5) is 10.4. The normalized spacial score (nSPS) is 10.8. The Bertz CT molecular complexity index is 390. The van der Waals surface area contributed by atoms with Gasteiger partial charge in [0.15, 0.2) is 0 Å². The molecule has 0 heterocycles. The fourth-order valence-electron chi connectivity index (χ4n) is 1.26. The van der Waals surface area contributed by atoms with E-state index in [4.69, 9.17) is 5.11 Å². The summed E-state index contributed by atoms with van der Waals surface area (Å²) in [6, 6.07) is 5.10. The van der Waals surface area contributed by atoms with E-state index in [9.17, 15) is 10.1 Å². The molecule has 0 aromatic heterocycles. The van der Waals surface area contributed by atoms with Gasteiger partial charge in [0.05, 0.1) is 17.1 Å². The third kappa shape index (κ3) is 2.87. The van der Waals surface area contributed by atoms with Gasteiger partial charge < -0.3 is 5.11 Å². The lowest BCUT2D eigenvalue weighted by Gasteiger charge is -2.02. The number of para-hydroxylation sites is 1. The van der Waals surface area contributed by atoms with E-state index >= 15 is 0 Å². The maximum absolute atomic E-state index is 10.9. The van der Waals surface area contributed by atoms with Crippen molar-refractivity contribution >= 4 is 27.7 Å². The van der Waals surface area contributed by atoms with E-state index in [1.165, 1.54) is 6.08 Å². The molecule has 4 nitrogen and oxygen atoms in total. The van der Waals surface area contributed by atoms with Crippen LogP contribution in [-0.4, -0.2) is 16.6 Å². The van der Waals surface area contributed by atoms with Crippen molar-refractivity contribution in [3.8, 4) is 0 Å². The first kappa shape index (κ1) is 11.9. The highest BCUT2D eigenvalue weighted by Gasteiger charge is 2.16. The summed E-state index contributed by atoms with van der Waals surface area (Å²) in [7, 11) is 0. The Balaban J connectivity index is 3.25. The van der Waals surface area contributed by atoms with Gasteiger partial charge in [-0.15, -0.1) is 0 Å². The number of benzene rings is 1. The van der Waals surface area contributed by atoms with Gasteiger partial charge in [-0.25, -0.2) is 0 Å². The average Bonchev–Trinajstić information content (AvgIpc) is 2.25. The summed E-state index contributed by atoms with van der Waals surface area (Å²) in [5, 5.41) is 19.9. The zero-order valence-electron chi connectivity index (χ0n) is 7.89. The predicted octanol–water partition coefficient (Wildman–Crippen LogP) is 2.50. The standard InChI is InChI=1S/C10H10BrNO3/c11-7-9-4-1-3-8(5-2-6-13)10(9)12(14)15/h1-5,13H,6-7H2. The van der Waals surface area contributed by atoms with E-state index in [1.807, 2.05) is 0 Å². The van der Waals surface area contributed by atoms with Gasteiger partial charge >= 0.3 is 0 Å². The van der Waals surface area contributed by atoms with Gasteiger partial charge in [-0.1, -0.05) is 34.1 Å². The van der Waals surface area contributed by atoms with E-state index in [1.54, 1.807) is 24.3 Å². The molecule has 0 aliphatic heterocycles. The summed E-state index contributed by atoms with van der Waals surface area (Å²) in [6.07, 6.45) is 3.02. The Morgan fingerprint density at radius 3 is 2.80 bits per heavy atom. The first-order valence-corrected chi connectivity index (χ1v) is 5.42. The van der Waals surface area contributed by atoms with E-state index in [0.29, 0.717) is 16.5 Å². The van der Waals surface area contributed by atoms with Crippen molar-refractivity contribution in [3.05, 3.63) is 45.5 Å². The Morgan fingerprint density at radius 2 is 2.27 bits per heavy atom. The minimum absolute atomic E-state index is 0.0825. The van der Waals surface area contributed by atoms with Crippen molar-refractivity contribution in [2.24, 2.45) is 0 Å². The molecule has 5 heteroatoms. The van der Waals surface area contributed by atoms with Gasteiger partial charge in [0.1, 0.15) is 0 Å². The minimum atomic E-state index is -0.409. The smallest absolute Gasteiger partial charge is 0.280 e. The van der Waals surface area contributed by atoms with E-state index in [0.717, 1.165) is 0 Å². The quantitative estimate of drug-likeness (QED) is 0.520. The van der Waals surface area contributed by atoms with Gasteiger partial charge in [0.2, 0.25) is 0 Å². The molecule has 15 heavy (non-hydrogen) atoms. The first-order valence-electron chi connectivity index (χ1n) is 4.30. The van der Waals surface area contributed by atoms with Crippen LogP contribution in [0, 0.1) is 10.1 Å². The number of aliphatic hydroxyl groups is 1. The Morgan fingerprint density at radius 1 is 1.53 bits per heavy atom. The molecule has 0 atom stereocenters.